The van der Waals surface area contributed by atoms with Gasteiger partial charge in [0.1, 0.15) is 17.4 Å². The number of nitrogens with zero attached hydrogens (tertiary/aromatic N) is 2. The summed E-state index contributed by atoms with van der Waals surface area (Å²) in [4.78, 5) is 50.9. The fraction of sp³-hybridized carbons (Fsp3) is 0.429. The van der Waals surface area contributed by atoms with Gasteiger partial charge in [0.15, 0.2) is 0 Å². The van der Waals surface area contributed by atoms with Gasteiger partial charge in [-0.15, -0.1) is 0 Å². The van der Waals surface area contributed by atoms with Gasteiger partial charge in [0.2, 0.25) is 11.8 Å². The highest BCUT2D eigenvalue weighted by Crippen LogP contribution is 2.43. The lowest BCUT2D eigenvalue weighted by Crippen LogP contribution is -2.52. The fourth-order valence-electron chi connectivity index (χ4n) is 4.71. The number of nitrogens with one attached hydrogen (secondary N) is 1. The van der Waals surface area contributed by atoms with Gasteiger partial charge in [0.25, 0.3) is 5.91 Å². The number of rotatable bonds is 1. The van der Waals surface area contributed by atoms with E-state index in [2.05, 4.69) is 5.32 Å². The van der Waals surface area contributed by atoms with Crippen LogP contribution in [0.15, 0.2) is 18.2 Å². The van der Waals surface area contributed by atoms with E-state index in [1.807, 2.05) is 18.2 Å². The van der Waals surface area contributed by atoms with Crippen molar-refractivity contribution >= 4 is 29.9 Å². The van der Waals surface area contributed by atoms with Crippen LogP contribution < -0.4 is 10.1 Å². The van der Waals surface area contributed by atoms with Gasteiger partial charge in [-0.3, -0.25) is 19.7 Å². The van der Waals surface area contributed by atoms with Crippen LogP contribution in [0, 0.1) is 0 Å². The average Bonchev–Trinajstić information content (AvgIpc) is 3.05. The van der Waals surface area contributed by atoms with E-state index in [9.17, 15) is 24.3 Å². The van der Waals surface area contributed by atoms with Crippen LogP contribution in [0.2, 0.25) is 0 Å². The highest BCUT2D eigenvalue weighted by molar-refractivity contribution is 6.06. The Kier molecular flexibility index (Phi) is 4.09. The van der Waals surface area contributed by atoms with E-state index in [1.165, 1.54) is 9.80 Å². The molecule has 0 bridgehead atoms. The molecule has 4 amide bonds. The number of carboxylic acid groups (broad SMARTS) is 1. The SMILES string of the molecule is O=C1CCC(N2Cc3c(ccc4c3OC3(C=C4)CCN(C(=O)O)CC3)C2=O)C(=O)N1. The number of hydrogen-bond acceptors (Lipinski definition) is 5. The normalized spacial score (nSPS) is 24.4. The van der Waals surface area contributed by atoms with Gasteiger partial charge < -0.3 is 19.6 Å². The molecule has 2 fully saturated rings. The van der Waals surface area contributed by atoms with Crippen molar-refractivity contribution in [2.45, 2.75) is 43.9 Å². The molecule has 0 radical (unpaired) electrons. The maximum Gasteiger partial charge on any atom is 0.407 e. The predicted molar refractivity (Wildman–Crippen MR) is 104 cm³/mol. The fourth-order valence-corrected chi connectivity index (χ4v) is 4.71. The van der Waals surface area contributed by atoms with Crippen LogP contribution in [-0.2, 0) is 16.1 Å². The number of carbonyl (C=O) groups excluding carboxylic acids is 3. The number of likely N-dealkylation sites (tertiary alicyclic amines) is 1. The van der Waals surface area contributed by atoms with Crippen LogP contribution >= 0.6 is 0 Å². The highest BCUT2D eigenvalue weighted by Gasteiger charge is 2.43. The lowest BCUT2D eigenvalue weighted by Gasteiger charge is -2.41. The molecule has 1 atom stereocenters. The van der Waals surface area contributed by atoms with Crippen molar-refractivity contribution in [1.29, 1.82) is 0 Å². The summed E-state index contributed by atoms with van der Waals surface area (Å²) >= 11 is 0. The van der Waals surface area contributed by atoms with E-state index in [1.54, 1.807) is 6.07 Å². The molecule has 4 aliphatic heterocycles. The van der Waals surface area contributed by atoms with Crippen LogP contribution in [0.25, 0.3) is 6.08 Å². The molecular formula is C21H21N3O6. The molecule has 0 aliphatic carbocycles. The van der Waals surface area contributed by atoms with Gasteiger partial charge in [-0.25, -0.2) is 4.79 Å². The summed E-state index contributed by atoms with van der Waals surface area (Å²) in [5.41, 5.74) is 1.51. The molecule has 1 spiro atoms. The second-order valence-corrected chi connectivity index (χ2v) is 8.18. The Labute approximate surface area is 172 Å². The Morgan fingerprint density at radius 1 is 1.20 bits per heavy atom. The van der Waals surface area contributed by atoms with E-state index >= 15 is 0 Å². The second kappa shape index (κ2) is 6.58. The van der Waals surface area contributed by atoms with E-state index in [-0.39, 0.29) is 24.8 Å². The molecule has 1 aromatic rings. The minimum Gasteiger partial charge on any atom is -0.482 e. The standard InChI is InChI=1S/C21H21N3O6/c25-16-4-3-15(18(26)22-16)24-11-14-13(19(24)27)2-1-12-5-6-21(30-17(12)14)7-9-23(10-8-21)20(28)29/h1-2,5-6,15H,3-4,7-11H2,(H,28,29)(H,22,25,26). The molecule has 1 aromatic carbocycles. The van der Waals surface area contributed by atoms with Gasteiger partial charge in [0, 0.05) is 49.0 Å². The second-order valence-electron chi connectivity index (χ2n) is 8.18. The molecule has 2 saturated heterocycles. The molecule has 30 heavy (non-hydrogen) atoms. The third-order valence-electron chi connectivity index (χ3n) is 6.45. The van der Waals surface area contributed by atoms with Crippen molar-refractivity contribution in [2.75, 3.05) is 13.1 Å². The topological polar surface area (TPSA) is 116 Å². The first-order chi connectivity index (χ1) is 14.4. The van der Waals surface area contributed by atoms with E-state index in [0.717, 1.165) is 11.1 Å². The van der Waals surface area contributed by atoms with Gasteiger partial charge in [-0.1, -0.05) is 12.1 Å². The predicted octanol–water partition coefficient (Wildman–Crippen LogP) is 1.37. The lowest BCUT2D eigenvalue weighted by molar-refractivity contribution is -0.136. The van der Waals surface area contributed by atoms with Crippen LogP contribution in [0.4, 0.5) is 4.79 Å². The van der Waals surface area contributed by atoms with Crippen molar-refractivity contribution in [3.63, 3.8) is 0 Å². The smallest absolute Gasteiger partial charge is 0.407 e. The molecule has 4 heterocycles. The Morgan fingerprint density at radius 2 is 1.97 bits per heavy atom. The molecule has 4 aliphatic rings. The van der Waals surface area contributed by atoms with Gasteiger partial charge >= 0.3 is 6.09 Å². The third-order valence-corrected chi connectivity index (χ3v) is 6.45. The first kappa shape index (κ1) is 18.7. The van der Waals surface area contributed by atoms with Gasteiger partial charge in [-0.2, -0.15) is 0 Å². The lowest BCUT2D eigenvalue weighted by atomic mass is 9.87. The van der Waals surface area contributed by atoms with Gasteiger partial charge in [-0.05, 0) is 18.6 Å². The minimum atomic E-state index is -0.934. The Hall–Kier alpha value is -3.36. The van der Waals surface area contributed by atoms with Crippen molar-refractivity contribution in [3.05, 3.63) is 34.9 Å². The van der Waals surface area contributed by atoms with Crippen molar-refractivity contribution in [2.24, 2.45) is 0 Å². The van der Waals surface area contributed by atoms with Crippen molar-refractivity contribution in [3.8, 4) is 5.75 Å². The molecule has 9 nitrogen and oxygen atoms in total. The maximum absolute atomic E-state index is 13.0. The summed E-state index contributed by atoms with van der Waals surface area (Å²) < 4.78 is 6.42. The zero-order chi connectivity index (χ0) is 21.0. The summed E-state index contributed by atoms with van der Waals surface area (Å²) in [6.45, 7) is 1.01. The van der Waals surface area contributed by atoms with Gasteiger partial charge in [0.05, 0.1) is 6.54 Å². The zero-order valence-electron chi connectivity index (χ0n) is 16.2. The largest absolute Gasteiger partial charge is 0.482 e. The molecule has 1 unspecified atom stereocenters. The number of fused-ring (bicyclic) bond motifs is 3. The van der Waals surface area contributed by atoms with Crippen LogP contribution in [0.5, 0.6) is 5.75 Å². The van der Waals surface area contributed by atoms with Crippen molar-refractivity contribution in [1.82, 2.24) is 15.1 Å². The van der Waals surface area contributed by atoms with E-state index in [4.69, 9.17) is 4.74 Å². The Balaban J connectivity index is 1.42. The summed E-state index contributed by atoms with van der Waals surface area (Å²) in [5.74, 6) is -0.377. The van der Waals surface area contributed by atoms with E-state index < -0.39 is 23.6 Å². The zero-order valence-corrected chi connectivity index (χ0v) is 16.2. The average molecular weight is 411 g/mol. The quantitative estimate of drug-likeness (QED) is 0.674. The third kappa shape index (κ3) is 2.84. The number of carbonyl (C=O) groups is 4. The summed E-state index contributed by atoms with van der Waals surface area (Å²) in [6.07, 6.45) is 4.59. The molecule has 9 heteroatoms. The number of piperidine rings is 2. The monoisotopic (exact) mass is 411 g/mol. The van der Waals surface area contributed by atoms with Crippen LogP contribution in [0.1, 0.15) is 47.2 Å². The molecular weight excluding hydrogens is 390 g/mol. The van der Waals surface area contributed by atoms with E-state index in [0.29, 0.717) is 43.7 Å². The maximum atomic E-state index is 13.0. The van der Waals surface area contributed by atoms with Crippen LogP contribution in [0.3, 0.4) is 0 Å². The Morgan fingerprint density at radius 3 is 2.67 bits per heavy atom. The number of ether oxygens (including phenoxy) is 1. The number of imide groups is 1. The number of hydrogen-bond donors (Lipinski definition) is 2. The summed E-state index contributed by atoms with van der Waals surface area (Å²) in [6, 6.07) is 2.90. The first-order valence-electron chi connectivity index (χ1n) is 10.0. The Bertz CT molecular complexity index is 1010. The number of amides is 4. The summed E-state index contributed by atoms with van der Waals surface area (Å²) in [5, 5.41) is 11.5. The molecule has 0 saturated carbocycles. The van der Waals surface area contributed by atoms with Crippen molar-refractivity contribution < 1.29 is 29.0 Å². The molecule has 0 aromatic heterocycles. The molecule has 156 valence electrons. The number of benzene rings is 1. The summed E-state index contributed by atoms with van der Waals surface area (Å²) in [7, 11) is 0. The first-order valence-corrected chi connectivity index (χ1v) is 10.0. The molecule has 2 N–H and O–H groups in total. The minimum absolute atomic E-state index is 0.205. The highest BCUT2D eigenvalue weighted by atomic mass is 16.5. The molecule has 5 rings (SSSR count). The van der Waals surface area contributed by atoms with Crippen LogP contribution in [-0.4, -0.2) is 63.5 Å².